The first kappa shape index (κ1) is 15.6. The van der Waals surface area contributed by atoms with Crippen LogP contribution in [0.25, 0.3) is 0 Å². The molecule has 1 aliphatic heterocycles. The molecule has 1 heterocycles. The average Bonchev–Trinajstić information content (AvgIpc) is 2.55. The molecule has 0 saturated heterocycles. The van der Waals surface area contributed by atoms with Crippen LogP contribution in [0.2, 0.25) is 0 Å². The Morgan fingerprint density at radius 2 is 1.74 bits per heavy atom. The summed E-state index contributed by atoms with van der Waals surface area (Å²) in [5, 5.41) is 3.62. The van der Waals surface area contributed by atoms with E-state index in [0.29, 0.717) is 0 Å². The number of amides is 1. The number of carbonyl (C=O) groups excluding carboxylic acids is 1. The molecule has 1 amide bonds. The second kappa shape index (κ2) is 6.45. The number of hydrogen-bond acceptors (Lipinski definition) is 2. The molecule has 2 aromatic rings. The molecule has 0 aromatic heterocycles. The summed E-state index contributed by atoms with van der Waals surface area (Å²) in [5.41, 5.74) is 3.35. The third-order valence-corrected chi connectivity index (χ3v) is 4.44. The van der Waals surface area contributed by atoms with Crippen LogP contribution < -0.4 is 10.2 Å². The van der Waals surface area contributed by atoms with E-state index >= 15 is 0 Å². The van der Waals surface area contributed by atoms with Crippen LogP contribution in [0.5, 0.6) is 0 Å². The van der Waals surface area contributed by atoms with Gasteiger partial charge in [-0.2, -0.15) is 0 Å². The Balaban J connectivity index is 1.95. The first-order valence-electron chi connectivity index (χ1n) is 8.31. The van der Waals surface area contributed by atoms with E-state index in [-0.39, 0.29) is 23.9 Å². The van der Waals surface area contributed by atoms with E-state index in [1.54, 1.807) is 0 Å². The van der Waals surface area contributed by atoms with Gasteiger partial charge in [0.05, 0.1) is 6.04 Å². The van der Waals surface area contributed by atoms with Crippen molar-refractivity contribution in [2.75, 3.05) is 10.2 Å². The van der Waals surface area contributed by atoms with Crippen LogP contribution in [-0.2, 0) is 4.79 Å². The molecule has 3 nitrogen and oxygen atoms in total. The third-order valence-electron chi connectivity index (χ3n) is 4.44. The molecule has 1 aliphatic rings. The summed E-state index contributed by atoms with van der Waals surface area (Å²) >= 11 is 0. The van der Waals surface area contributed by atoms with E-state index in [0.717, 1.165) is 17.8 Å². The molecular weight excluding hydrogens is 284 g/mol. The fourth-order valence-electron chi connectivity index (χ4n) is 3.30. The molecule has 2 aromatic carbocycles. The Hall–Kier alpha value is -2.29. The van der Waals surface area contributed by atoms with Crippen LogP contribution >= 0.6 is 0 Å². The maximum Gasteiger partial charge on any atom is 0.229 e. The predicted molar refractivity (Wildman–Crippen MR) is 95.7 cm³/mol. The monoisotopic (exact) mass is 308 g/mol. The minimum Gasteiger partial charge on any atom is -0.378 e. The van der Waals surface area contributed by atoms with Crippen LogP contribution in [0.4, 0.5) is 11.4 Å². The first-order valence-corrected chi connectivity index (χ1v) is 8.31. The Bertz CT molecular complexity index is 681. The number of rotatable bonds is 3. The van der Waals surface area contributed by atoms with E-state index < -0.39 is 0 Å². The highest BCUT2D eigenvalue weighted by atomic mass is 16.2. The number of carbonyl (C=O) groups is 1. The Morgan fingerprint density at radius 3 is 2.43 bits per heavy atom. The van der Waals surface area contributed by atoms with E-state index in [2.05, 4.69) is 36.5 Å². The molecule has 2 atom stereocenters. The van der Waals surface area contributed by atoms with Crippen LogP contribution in [0, 0.1) is 5.92 Å². The largest absolute Gasteiger partial charge is 0.378 e. The van der Waals surface area contributed by atoms with Gasteiger partial charge in [0, 0.05) is 23.3 Å². The smallest absolute Gasteiger partial charge is 0.229 e. The minimum atomic E-state index is 0.00383. The zero-order valence-corrected chi connectivity index (χ0v) is 14.0. The summed E-state index contributed by atoms with van der Waals surface area (Å²) in [6, 6.07) is 18.9. The number of nitrogens with one attached hydrogen (secondary N) is 1. The van der Waals surface area contributed by atoms with Gasteiger partial charge in [0.1, 0.15) is 0 Å². The molecule has 23 heavy (non-hydrogen) atoms. The van der Waals surface area contributed by atoms with E-state index in [1.807, 2.05) is 49.1 Å². The summed E-state index contributed by atoms with van der Waals surface area (Å²) in [5.74, 6) is 0.201. The van der Waals surface area contributed by atoms with E-state index in [1.165, 1.54) is 5.56 Å². The number of fused-ring (bicyclic) bond motifs is 1. The van der Waals surface area contributed by atoms with Crippen molar-refractivity contribution in [3.05, 3.63) is 60.2 Å². The SMILES string of the molecule is CC(C)C(=O)N1c2ccccc2[C@@H](Nc2ccccc2)C[C@@H]1C. The highest BCUT2D eigenvalue weighted by Gasteiger charge is 2.34. The van der Waals surface area contributed by atoms with Crippen molar-refractivity contribution in [3.63, 3.8) is 0 Å². The summed E-state index contributed by atoms with van der Waals surface area (Å²) < 4.78 is 0. The maximum absolute atomic E-state index is 12.6. The third kappa shape index (κ3) is 3.09. The molecule has 0 saturated carbocycles. The van der Waals surface area contributed by atoms with Gasteiger partial charge in [-0.25, -0.2) is 0 Å². The minimum absolute atomic E-state index is 0.00383. The number of nitrogens with zero attached hydrogens (tertiary/aromatic N) is 1. The van der Waals surface area contributed by atoms with Gasteiger partial charge in [-0.1, -0.05) is 50.2 Å². The second-order valence-electron chi connectivity index (χ2n) is 6.57. The highest BCUT2D eigenvalue weighted by molar-refractivity contribution is 5.96. The van der Waals surface area contributed by atoms with Crippen molar-refractivity contribution in [1.29, 1.82) is 0 Å². The Labute approximate surface area is 138 Å². The zero-order chi connectivity index (χ0) is 16.4. The molecule has 1 N–H and O–H groups in total. The molecule has 120 valence electrons. The quantitative estimate of drug-likeness (QED) is 0.897. The number of para-hydroxylation sites is 2. The maximum atomic E-state index is 12.6. The zero-order valence-electron chi connectivity index (χ0n) is 14.0. The molecule has 0 fully saturated rings. The molecule has 0 bridgehead atoms. The predicted octanol–water partition coefficient (Wildman–Crippen LogP) is 4.62. The number of benzene rings is 2. The topological polar surface area (TPSA) is 32.3 Å². The summed E-state index contributed by atoms with van der Waals surface area (Å²) in [4.78, 5) is 14.6. The fraction of sp³-hybridized carbons (Fsp3) is 0.350. The second-order valence-corrected chi connectivity index (χ2v) is 6.57. The summed E-state index contributed by atoms with van der Waals surface area (Å²) in [6.45, 7) is 6.06. The van der Waals surface area contributed by atoms with Crippen LogP contribution in [0.15, 0.2) is 54.6 Å². The summed E-state index contributed by atoms with van der Waals surface area (Å²) in [7, 11) is 0. The molecule has 0 aliphatic carbocycles. The lowest BCUT2D eigenvalue weighted by molar-refractivity contribution is -0.122. The number of hydrogen-bond donors (Lipinski definition) is 1. The molecule has 3 heteroatoms. The van der Waals surface area contributed by atoms with Gasteiger partial charge < -0.3 is 10.2 Å². The standard InChI is InChI=1S/C20H24N2O/c1-14(2)20(23)22-15(3)13-18(17-11-7-8-12-19(17)22)21-16-9-5-4-6-10-16/h4-12,14-15,18,21H,13H2,1-3H3/t15-,18-/m0/s1. The average molecular weight is 308 g/mol. The van der Waals surface area contributed by atoms with Gasteiger partial charge in [-0.05, 0) is 37.1 Å². The van der Waals surface area contributed by atoms with E-state index in [9.17, 15) is 4.79 Å². The van der Waals surface area contributed by atoms with Crippen molar-refractivity contribution in [1.82, 2.24) is 0 Å². The summed E-state index contributed by atoms with van der Waals surface area (Å²) in [6.07, 6.45) is 0.907. The Kier molecular flexibility index (Phi) is 4.37. The van der Waals surface area contributed by atoms with Gasteiger partial charge >= 0.3 is 0 Å². The molecule has 3 rings (SSSR count). The van der Waals surface area contributed by atoms with Crippen molar-refractivity contribution >= 4 is 17.3 Å². The first-order chi connectivity index (χ1) is 11.1. The fourth-order valence-corrected chi connectivity index (χ4v) is 3.30. The molecule has 0 spiro atoms. The van der Waals surface area contributed by atoms with Crippen molar-refractivity contribution < 1.29 is 4.79 Å². The number of anilines is 2. The molecule has 0 radical (unpaired) electrons. The lowest BCUT2D eigenvalue weighted by atomic mass is 9.90. The van der Waals surface area contributed by atoms with Crippen LogP contribution in [-0.4, -0.2) is 11.9 Å². The normalized spacial score (nSPS) is 20.3. The lowest BCUT2D eigenvalue weighted by Crippen LogP contribution is -2.46. The van der Waals surface area contributed by atoms with Gasteiger partial charge in [0.2, 0.25) is 5.91 Å². The Morgan fingerprint density at radius 1 is 1.09 bits per heavy atom. The van der Waals surface area contributed by atoms with Crippen LogP contribution in [0.3, 0.4) is 0 Å². The highest BCUT2D eigenvalue weighted by Crippen LogP contribution is 2.39. The molecule has 0 unspecified atom stereocenters. The van der Waals surface area contributed by atoms with Crippen molar-refractivity contribution in [2.45, 2.75) is 39.3 Å². The van der Waals surface area contributed by atoms with Crippen molar-refractivity contribution in [3.8, 4) is 0 Å². The van der Waals surface area contributed by atoms with E-state index in [4.69, 9.17) is 0 Å². The van der Waals surface area contributed by atoms with Crippen LogP contribution in [0.1, 0.15) is 38.8 Å². The lowest BCUT2D eigenvalue weighted by Gasteiger charge is -2.40. The van der Waals surface area contributed by atoms with Gasteiger partial charge in [-0.15, -0.1) is 0 Å². The van der Waals surface area contributed by atoms with Gasteiger partial charge in [0.15, 0.2) is 0 Å². The molecular formula is C20H24N2O. The van der Waals surface area contributed by atoms with Gasteiger partial charge in [-0.3, -0.25) is 4.79 Å². The van der Waals surface area contributed by atoms with Crippen molar-refractivity contribution in [2.24, 2.45) is 5.92 Å². The van der Waals surface area contributed by atoms with Gasteiger partial charge in [0.25, 0.3) is 0 Å².